The SMILES string of the molecule is O=c1[nH]c(-c2c(I)ccc(F)c2F)nc2ccccc12. The zero-order valence-electron chi connectivity index (χ0n) is 9.95. The number of para-hydroxylation sites is 1. The quantitative estimate of drug-likeness (QED) is 0.516. The summed E-state index contributed by atoms with van der Waals surface area (Å²) in [4.78, 5) is 18.7. The number of hydrogen-bond acceptors (Lipinski definition) is 2. The summed E-state index contributed by atoms with van der Waals surface area (Å²) >= 11 is 1.87. The highest BCUT2D eigenvalue weighted by Gasteiger charge is 2.17. The molecule has 0 amide bonds. The van der Waals surface area contributed by atoms with Crippen LogP contribution in [0.5, 0.6) is 0 Å². The van der Waals surface area contributed by atoms with Crippen molar-refractivity contribution < 1.29 is 8.78 Å². The highest BCUT2D eigenvalue weighted by molar-refractivity contribution is 14.1. The van der Waals surface area contributed by atoms with Crippen molar-refractivity contribution in [2.75, 3.05) is 0 Å². The predicted molar refractivity (Wildman–Crippen MR) is 80.4 cm³/mol. The van der Waals surface area contributed by atoms with E-state index in [1.165, 1.54) is 6.07 Å². The first-order valence-electron chi connectivity index (χ1n) is 5.71. The molecule has 2 aromatic carbocycles. The van der Waals surface area contributed by atoms with Gasteiger partial charge in [-0.15, -0.1) is 0 Å². The largest absolute Gasteiger partial charge is 0.306 e. The van der Waals surface area contributed by atoms with Gasteiger partial charge in [0.15, 0.2) is 11.6 Å². The van der Waals surface area contributed by atoms with Gasteiger partial charge in [-0.05, 0) is 46.9 Å². The lowest BCUT2D eigenvalue weighted by Crippen LogP contribution is -2.11. The molecule has 0 bridgehead atoms. The van der Waals surface area contributed by atoms with Gasteiger partial charge in [0, 0.05) is 3.57 Å². The number of nitrogens with zero attached hydrogens (tertiary/aromatic N) is 1. The summed E-state index contributed by atoms with van der Waals surface area (Å²) in [6.07, 6.45) is 0. The van der Waals surface area contributed by atoms with Crippen LogP contribution in [0.4, 0.5) is 8.78 Å². The molecule has 100 valence electrons. The van der Waals surface area contributed by atoms with E-state index >= 15 is 0 Å². The van der Waals surface area contributed by atoms with Crippen molar-refractivity contribution in [1.29, 1.82) is 0 Å². The Morgan fingerprint density at radius 2 is 1.85 bits per heavy atom. The highest BCUT2D eigenvalue weighted by atomic mass is 127. The van der Waals surface area contributed by atoms with Crippen LogP contribution in [0, 0.1) is 15.2 Å². The number of fused-ring (bicyclic) bond motifs is 1. The minimum atomic E-state index is -1.02. The number of halogens is 3. The molecule has 0 fully saturated rings. The van der Waals surface area contributed by atoms with E-state index in [-0.39, 0.29) is 16.9 Å². The number of benzene rings is 2. The van der Waals surface area contributed by atoms with Crippen LogP contribution < -0.4 is 5.56 Å². The van der Waals surface area contributed by atoms with Crippen LogP contribution in [0.1, 0.15) is 0 Å². The Morgan fingerprint density at radius 3 is 2.65 bits per heavy atom. The molecule has 3 nitrogen and oxygen atoms in total. The summed E-state index contributed by atoms with van der Waals surface area (Å²) in [5.74, 6) is -1.97. The van der Waals surface area contributed by atoms with E-state index < -0.39 is 11.6 Å². The summed E-state index contributed by atoms with van der Waals surface area (Å²) in [6.45, 7) is 0. The standard InChI is InChI=1S/C14H7F2IN2O/c15-8-5-6-9(17)11(12(8)16)13-18-10-4-2-1-3-7(10)14(20)19-13/h1-6H,(H,18,19,20). The van der Waals surface area contributed by atoms with E-state index in [9.17, 15) is 13.6 Å². The number of hydrogen-bond donors (Lipinski definition) is 1. The van der Waals surface area contributed by atoms with E-state index in [2.05, 4.69) is 9.97 Å². The van der Waals surface area contributed by atoms with Crippen LogP contribution in [0.3, 0.4) is 0 Å². The van der Waals surface area contributed by atoms with E-state index in [4.69, 9.17) is 0 Å². The maximum Gasteiger partial charge on any atom is 0.259 e. The molecule has 1 aromatic heterocycles. The number of rotatable bonds is 1. The van der Waals surface area contributed by atoms with Gasteiger partial charge in [0.1, 0.15) is 5.82 Å². The van der Waals surface area contributed by atoms with Crippen molar-refractivity contribution in [1.82, 2.24) is 9.97 Å². The van der Waals surface area contributed by atoms with Crippen molar-refractivity contribution in [2.45, 2.75) is 0 Å². The molecule has 0 saturated heterocycles. The fraction of sp³-hybridized carbons (Fsp3) is 0. The summed E-state index contributed by atoms with van der Waals surface area (Å²) in [5, 5.41) is 0.406. The third kappa shape index (κ3) is 2.09. The second-order valence-electron chi connectivity index (χ2n) is 4.15. The van der Waals surface area contributed by atoms with Gasteiger partial charge >= 0.3 is 0 Å². The fourth-order valence-electron chi connectivity index (χ4n) is 1.95. The maximum atomic E-state index is 13.9. The first-order chi connectivity index (χ1) is 9.58. The molecule has 1 heterocycles. The third-order valence-corrected chi connectivity index (χ3v) is 3.79. The highest BCUT2D eigenvalue weighted by Crippen LogP contribution is 2.27. The van der Waals surface area contributed by atoms with E-state index in [0.717, 1.165) is 6.07 Å². The first-order valence-corrected chi connectivity index (χ1v) is 6.79. The molecule has 0 atom stereocenters. The molecule has 20 heavy (non-hydrogen) atoms. The molecule has 3 rings (SSSR count). The second-order valence-corrected chi connectivity index (χ2v) is 5.31. The lowest BCUT2D eigenvalue weighted by Gasteiger charge is -2.07. The minimum Gasteiger partial charge on any atom is -0.306 e. The van der Waals surface area contributed by atoms with E-state index in [1.54, 1.807) is 24.3 Å². The average molecular weight is 384 g/mol. The predicted octanol–water partition coefficient (Wildman–Crippen LogP) is 3.47. The van der Waals surface area contributed by atoms with Gasteiger partial charge in [-0.1, -0.05) is 12.1 Å². The van der Waals surface area contributed by atoms with Crippen molar-refractivity contribution >= 4 is 33.5 Å². The average Bonchev–Trinajstić information content (AvgIpc) is 2.44. The van der Waals surface area contributed by atoms with Crippen molar-refractivity contribution in [2.24, 2.45) is 0 Å². The van der Waals surface area contributed by atoms with Gasteiger partial charge in [0.05, 0.1) is 16.5 Å². The molecular formula is C14H7F2IN2O. The molecular weight excluding hydrogens is 377 g/mol. The molecule has 0 aliphatic carbocycles. The van der Waals surface area contributed by atoms with Crippen LogP contribution in [-0.4, -0.2) is 9.97 Å². The Hall–Kier alpha value is -1.83. The summed E-state index contributed by atoms with van der Waals surface area (Å²) in [7, 11) is 0. The van der Waals surface area contributed by atoms with Gasteiger partial charge in [0.25, 0.3) is 5.56 Å². The molecule has 0 saturated carbocycles. The van der Waals surface area contributed by atoms with Crippen molar-refractivity contribution in [3.63, 3.8) is 0 Å². The molecule has 0 radical (unpaired) electrons. The van der Waals surface area contributed by atoms with Crippen LogP contribution in [0.15, 0.2) is 41.2 Å². The van der Waals surface area contributed by atoms with Gasteiger partial charge in [-0.3, -0.25) is 4.79 Å². The zero-order valence-corrected chi connectivity index (χ0v) is 12.1. The molecule has 3 aromatic rings. The molecule has 0 aliphatic rings. The maximum absolute atomic E-state index is 13.9. The van der Waals surface area contributed by atoms with Gasteiger partial charge in [-0.25, -0.2) is 13.8 Å². The van der Waals surface area contributed by atoms with E-state index in [1.807, 2.05) is 22.6 Å². The fourth-order valence-corrected chi connectivity index (χ4v) is 2.62. The van der Waals surface area contributed by atoms with Crippen LogP contribution in [0.2, 0.25) is 0 Å². The topological polar surface area (TPSA) is 45.8 Å². The Labute approximate surface area is 125 Å². The monoisotopic (exact) mass is 384 g/mol. The Morgan fingerprint density at radius 1 is 1.10 bits per heavy atom. The number of aromatic amines is 1. The van der Waals surface area contributed by atoms with Crippen molar-refractivity contribution in [3.8, 4) is 11.4 Å². The third-order valence-electron chi connectivity index (χ3n) is 2.89. The van der Waals surface area contributed by atoms with E-state index in [0.29, 0.717) is 14.5 Å². The first kappa shape index (κ1) is 13.2. The van der Waals surface area contributed by atoms with Crippen LogP contribution in [0.25, 0.3) is 22.3 Å². The Bertz CT molecular complexity index is 877. The number of nitrogens with one attached hydrogen (secondary N) is 1. The van der Waals surface area contributed by atoms with Gasteiger partial charge in [-0.2, -0.15) is 0 Å². The summed E-state index contributed by atoms with van der Waals surface area (Å²) in [5.41, 5.74) is 0.0178. The Balaban J connectivity index is 2.36. The minimum absolute atomic E-state index is 0.0232. The van der Waals surface area contributed by atoms with Crippen LogP contribution >= 0.6 is 22.6 Å². The number of H-pyrrole nitrogens is 1. The smallest absolute Gasteiger partial charge is 0.259 e. The molecule has 6 heteroatoms. The van der Waals surface area contributed by atoms with Crippen molar-refractivity contribution in [3.05, 3.63) is 62.0 Å². The molecule has 0 aliphatic heterocycles. The van der Waals surface area contributed by atoms with Gasteiger partial charge < -0.3 is 4.98 Å². The number of aromatic nitrogens is 2. The lowest BCUT2D eigenvalue weighted by atomic mass is 10.1. The second kappa shape index (κ2) is 4.93. The Kier molecular flexibility index (Phi) is 3.25. The normalized spacial score (nSPS) is 10.9. The molecule has 0 unspecified atom stereocenters. The molecule has 0 spiro atoms. The molecule has 1 N–H and O–H groups in total. The lowest BCUT2D eigenvalue weighted by molar-refractivity contribution is 0.510. The van der Waals surface area contributed by atoms with Crippen LogP contribution in [-0.2, 0) is 0 Å². The van der Waals surface area contributed by atoms with Gasteiger partial charge in [0.2, 0.25) is 0 Å². The summed E-state index contributed by atoms with van der Waals surface area (Å²) in [6, 6.07) is 9.19. The summed E-state index contributed by atoms with van der Waals surface area (Å²) < 4.78 is 27.8. The zero-order chi connectivity index (χ0) is 14.3.